The van der Waals surface area contributed by atoms with Crippen molar-refractivity contribution in [1.29, 1.82) is 0 Å². The average molecular weight is 209 g/mol. The molecular formula is C9H15N5O. The number of nitrogens with zero attached hydrogens (tertiary/aromatic N) is 3. The van der Waals surface area contributed by atoms with Crippen LogP contribution in [-0.4, -0.2) is 33.1 Å². The zero-order chi connectivity index (χ0) is 10.7. The Morgan fingerprint density at radius 1 is 1.60 bits per heavy atom. The second-order valence-electron chi connectivity index (χ2n) is 4.23. The van der Waals surface area contributed by atoms with Gasteiger partial charge in [-0.3, -0.25) is 4.79 Å². The summed E-state index contributed by atoms with van der Waals surface area (Å²) in [5.74, 6) is 1.26. The zero-order valence-corrected chi connectivity index (χ0v) is 8.73. The molecule has 0 spiro atoms. The number of carbonyl (C=O) groups is 1. The Labute approximate surface area is 87.8 Å². The number of nitrogens with one attached hydrogen (secondary N) is 2. The fraction of sp³-hybridized carbons (Fsp3) is 0.778. The maximum Gasteiger partial charge on any atom is 0.292 e. The van der Waals surface area contributed by atoms with Crippen molar-refractivity contribution in [3.05, 3.63) is 5.82 Å². The molecule has 82 valence electrons. The van der Waals surface area contributed by atoms with Crippen LogP contribution < -0.4 is 5.32 Å². The number of hydrogen-bond donors (Lipinski definition) is 2. The molecule has 0 aromatic carbocycles. The van der Waals surface area contributed by atoms with E-state index in [2.05, 4.69) is 32.9 Å². The molecule has 15 heavy (non-hydrogen) atoms. The van der Waals surface area contributed by atoms with Crippen molar-refractivity contribution in [2.45, 2.75) is 26.2 Å². The van der Waals surface area contributed by atoms with Gasteiger partial charge in [-0.2, -0.15) is 5.21 Å². The fourth-order valence-electron chi connectivity index (χ4n) is 2.08. The summed E-state index contributed by atoms with van der Waals surface area (Å²) in [4.78, 5) is 11.4. The van der Waals surface area contributed by atoms with E-state index in [0.717, 1.165) is 12.5 Å². The van der Waals surface area contributed by atoms with Gasteiger partial charge in [0.2, 0.25) is 0 Å². The second-order valence-corrected chi connectivity index (χ2v) is 4.23. The minimum atomic E-state index is -0.247. The molecule has 1 aliphatic rings. The molecule has 1 aromatic heterocycles. The Hall–Kier alpha value is -1.46. The molecule has 6 nitrogen and oxygen atoms in total. The second kappa shape index (κ2) is 4.37. The van der Waals surface area contributed by atoms with Gasteiger partial charge >= 0.3 is 0 Å². The Morgan fingerprint density at radius 2 is 2.47 bits per heavy atom. The van der Waals surface area contributed by atoms with Crippen LogP contribution in [-0.2, 0) is 0 Å². The van der Waals surface area contributed by atoms with E-state index in [1.165, 1.54) is 19.3 Å². The number of H-pyrrole nitrogens is 1. The van der Waals surface area contributed by atoms with Gasteiger partial charge in [0.15, 0.2) is 0 Å². The van der Waals surface area contributed by atoms with Crippen molar-refractivity contribution < 1.29 is 4.79 Å². The first-order valence-corrected chi connectivity index (χ1v) is 5.27. The predicted octanol–water partition coefficient (Wildman–Crippen LogP) is 0.366. The largest absolute Gasteiger partial charge is 0.349 e. The monoisotopic (exact) mass is 209 g/mol. The maximum absolute atomic E-state index is 11.4. The number of rotatable bonds is 3. The zero-order valence-electron chi connectivity index (χ0n) is 8.73. The molecule has 1 amide bonds. The molecule has 2 atom stereocenters. The van der Waals surface area contributed by atoms with E-state index in [0.29, 0.717) is 5.92 Å². The molecule has 1 fully saturated rings. The van der Waals surface area contributed by atoms with E-state index >= 15 is 0 Å². The number of tetrazole rings is 1. The molecule has 0 aliphatic heterocycles. The molecule has 2 N–H and O–H groups in total. The van der Waals surface area contributed by atoms with Crippen LogP contribution in [0.3, 0.4) is 0 Å². The van der Waals surface area contributed by atoms with E-state index in [1.807, 2.05) is 0 Å². The normalized spacial score (nSPS) is 25.4. The first-order chi connectivity index (χ1) is 7.25. The molecule has 0 radical (unpaired) electrons. The smallest absolute Gasteiger partial charge is 0.292 e. The lowest BCUT2D eigenvalue weighted by atomic mass is 10.1. The van der Waals surface area contributed by atoms with Crippen LogP contribution in [0.5, 0.6) is 0 Å². The topological polar surface area (TPSA) is 83.6 Å². The third-order valence-electron chi connectivity index (χ3n) is 2.90. The summed E-state index contributed by atoms with van der Waals surface area (Å²) in [6.07, 6.45) is 3.67. The van der Waals surface area contributed by atoms with Crippen LogP contribution in [0, 0.1) is 11.8 Å². The molecular weight excluding hydrogens is 194 g/mol. The van der Waals surface area contributed by atoms with Crippen molar-refractivity contribution >= 4 is 5.91 Å². The van der Waals surface area contributed by atoms with Crippen molar-refractivity contribution in [2.75, 3.05) is 6.54 Å². The summed E-state index contributed by atoms with van der Waals surface area (Å²) in [5, 5.41) is 15.7. The van der Waals surface area contributed by atoms with Gasteiger partial charge in [0.25, 0.3) is 11.7 Å². The van der Waals surface area contributed by atoms with E-state index in [1.54, 1.807) is 0 Å². The molecule has 1 aromatic rings. The Morgan fingerprint density at radius 3 is 3.07 bits per heavy atom. The Balaban J connectivity index is 1.76. The van der Waals surface area contributed by atoms with Crippen LogP contribution in [0.4, 0.5) is 0 Å². The quantitative estimate of drug-likeness (QED) is 0.753. The molecule has 0 bridgehead atoms. The van der Waals surface area contributed by atoms with E-state index in [4.69, 9.17) is 0 Å². The van der Waals surface area contributed by atoms with Crippen molar-refractivity contribution in [3.63, 3.8) is 0 Å². The van der Waals surface area contributed by atoms with Gasteiger partial charge in [0.1, 0.15) is 0 Å². The lowest BCUT2D eigenvalue weighted by Crippen LogP contribution is -2.29. The van der Waals surface area contributed by atoms with Gasteiger partial charge in [0.05, 0.1) is 0 Å². The van der Waals surface area contributed by atoms with E-state index in [9.17, 15) is 4.79 Å². The van der Waals surface area contributed by atoms with Gasteiger partial charge in [-0.25, -0.2) is 0 Å². The average Bonchev–Trinajstić information content (AvgIpc) is 2.84. The highest BCUT2D eigenvalue weighted by Crippen LogP contribution is 2.29. The van der Waals surface area contributed by atoms with Gasteiger partial charge in [0, 0.05) is 6.54 Å². The van der Waals surface area contributed by atoms with Crippen LogP contribution in [0.2, 0.25) is 0 Å². The molecule has 1 saturated carbocycles. The van der Waals surface area contributed by atoms with E-state index < -0.39 is 0 Å². The van der Waals surface area contributed by atoms with Crippen LogP contribution >= 0.6 is 0 Å². The van der Waals surface area contributed by atoms with Crippen molar-refractivity contribution in [1.82, 2.24) is 25.9 Å². The SMILES string of the molecule is CC1CCC(CNC(=O)c2nn[nH]n2)C1. The molecule has 2 unspecified atom stereocenters. The van der Waals surface area contributed by atoms with Crippen LogP contribution in [0.15, 0.2) is 0 Å². The summed E-state index contributed by atoms with van der Waals surface area (Å²) in [6, 6.07) is 0. The first-order valence-electron chi connectivity index (χ1n) is 5.27. The molecule has 6 heteroatoms. The third kappa shape index (κ3) is 2.51. The Bertz CT molecular complexity index is 323. The van der Waals surface area contributed by atoms with Gasteiger partial charge in [-0.1, -0.05) is 13.3 Å². The fourth-order valence-corrected chi connectivity index (χ4v) is 2.08. The van der Waals surface area contributed by atoms with Crippen molar-refractivity contribution in [3.8, 4) is 0 Å². The number of amides is 1. The maximum atomic E-state index is 11.4. The lowest BCUT2D eigenvalue weighted by molar-refractivity contribution is 0.0937. The first kappa shape index (κ1) is 10.1. The van der Waals surface area contributed by atoms with Crippen LogP contribution in [0.1, 0.15) is 36.8 Å². The third-order valence-corrected chi connectivity index (χ3v) is 2.90. The standard InChI is InChI=1S/C9H15N5O/c1-6-2-3-7(4-6)5-10-9(15)8-11-13-14-12-8/h6-7H,2-5H2,1H3,(H,10,15)(H,11,12,13,14). The van der Waals surface area contributed by atoms with Crippen LogP contribution in [0.25, 0.3) is 0 Å². The Kier molecular flexibility index (Phi) is 2.94. The predicted molar refractivity (Wildman–Crippen MR) is 53.0 cm³/mol. The lowest BCUT2D eigenvalue weighted by Gasteiger charge is -2.09. The summed E-state index contributed by atoms with van der Waals surface area (Å²) >= 11 is 0. The van der Waals surface area contributed by atoms with E-state index in [-0.39, 0.29) is 11.7 Å². The van der Waals surface area contributed by atoms with Gasteiger partial charge < -0.3 is 5.32 Å². The highest BCUT2D eigenvalue weighted by atomic mass is 16.2. The number of hydrogen-bond acceptors (Lipinski definition) is 4. The minimum absolute atomic E-state index is 0.112. The molecule has 1 aliphatic carbocycles. The summed E-state index contributed by atoms with van der Waals surface area (Å²) in [5.41, 5.74) is 0. The number of aromatic amines is 1. The van der Waals surface area contributed by atoms with Crippen molar-refractivity contribution in [2.24, 2.45) is 11.8 Å². The van der Waals surface area contributed by atoms with Gasteiger partial charge in [-0.15, -0.1) is 10.2 Å². The molecule has 1 heterocycles. The summed E-state index contributed by atoms with van der Waals surface area (Å²) in [7, 11) is 0. The number of aromatic nitrogens is 4. The van der Waals surface area contributed by atoms with Gasteiger partial charge in [-0.05, 0) is 29.9 Å². The highest BCUT2D eigenvalue weighted by Gasteiger charge is 2.22. The minimum Gasteiger partial charge on any atom is -0.349 e. The summed E-state index contributed by atoms with van der Waals surface area (Å²) in [6.45, 7) is 2.97. The molecule has 2 rings (SSSR count). The summed E-state index contributed by atoms with van der Waals surface area (Å²) < 4.78 is 0. The highest BCUT2D eigenvalue weighted by molar-refractivity contribution is 5.89. The molecule has 0 saturated heterocycles. The number of carbonyl (C=O) groups excluding carboxylic acids is 1.